The van der Waals surface area contributed by atoms with Crippen LogP contribution < -0.4 is 20.1 Å². The molecule has 6 rings (SSSR count). The molecule has 10 nitrogen and oxygen atoms in total. The number of anilines is 2. The minimum Gasteiger partial charge on any atom is -0.497 e. The van der Waals surface area contributed by atoms with Gasteiger partial charge in [-0.2, -0.15) is 0 Å². The highest BCUT2D eigenvalue weighted by molar-refractivity contribution is 6.91. The third-order valence-corrected chi connectivity index (χ3v) is 15.2. The number of unbranched alkanes of at least 4 members (excludes halogenated alkanes) is 1. The van der Waals surface area contributed by atoms with Gasteiger partial charge in [0.25, 0.3) is 5.91 Å². The van der Waals surface area contributed by atoms with E-state index in [2.05, 4.69) is 42.5 Å². The Balaban J connectivity index is 1.35. The number of benzene rings is 3. The number of esters is 1. The third-order valence-electron chi connectivity index (χ3n) is 10.8. The predicted octanol–water partition coefficient (Wildman–Crippen LogP) is 5.65. The number of aromatic amines is 1. The van der Waals surface area contributed by atoms with Crippen LogP contribution in [0.5, 0.6) is 5.75 Å². The van der Waals surface area contributed by atoms with Crippen LogP contribution in [0.4, 0.5) is 11.4 Å². The van der Waals surface area contributed by atoms with Crippen molar-refractivity contribution in [3.63, 3.8) is 0 Å². The number of H-pyrrole nitrogens is 1. The molecule has 1 aromatic heterocycles. The van der Waals surface area contributed by atoms with E-state index >= 15 is 0 Å². The molecule has 1 fully saturated rings. The summed E-state index contributed by atoms with van der Waals surface area (Å²) >= 11 is 0. The Morgan fingerprint density at radius 1 is 1.06 bits per heavy atom. The first kappa shape index (κ1) is 35.4. The summed E-state index contributed by atoms with van der Waals surface area (Å²) in [6.45, 7) is 7.04. The molecule has 1 saturated heterocycles. The number of rotatable bonds is 13. The van der Waals surface area contributed by atoms with Crippen molar-refractivity contribution in [1.82, 2.24) is 4.98 Å². The molecule has 50 heavy (non-hydrogen) atoms. The summed E-state index contributed by atoms with van der Waals surface area (Å²) in [4.78, 5) is 45.1. The fourth-order valence-electron chi connectivity index (χ4n) is 8.31. The summed E-state index contributed by atoms with van der Waals surface area (Å²) in [6, 6.07) is 21.7. The van der Waals surface area contributed by atoms with Crippen molar-refractivity contribution in [2.75, 3.05) is 37.6 Å². The molecule has 0 saturated carbocycles. The maximum atomic E-state index is 14.8. The largest absolute Gasteiger partial charge is 0.497 e. The average Bonchev–Trinajstić information content (AvgIpc) is 3.73. The number of aromatic nitrogens is 1. The maximum absolute atomic E-state index is 14.8. The Morgan fingerprint density at radius 3 is 2.54 bits per heavy atom. The summed E-state index contributed by atoms with van der Waals surface area (Å²) in [6.07, 6.45) is 3.53. The highest BCUT2D eigenvalue weighted by Gasteiger charge is 2.66. The van der Waals surface area contributed by atoms with Crippen LogP contribution in [0, 0.1) is 5.92 Å². The molecule has 4 aromatic rings. The number of ether oxygens (including phenoxy) is 3. The van der Waals surface area contributed by atoms with Gasteiger partial charge in [0.1, 0.15) is 5.75 Å². The Hall–Kier alpha value is -4.45. The zero-order chi connectivity index (χ0) is 35.6. The first-order chi connectivity index (χ1) is 24.0. The van der Waals surface area contributed by atoms with Crippen molar-refractivity contribution in [3.8, 4) is 5.75 Å². The number of nitrogens with zero attached hydrogens (tertiary/aromatic N) is 1. The molecule has 3 heterocycles. The molecule has 0 aliphatic carbocycles. The van der Waals surface area contributed by atoms with E-state index in [9.17, 15) is 19.5 Å². The quantitative estimate of drug-likeness (QED) is 0.0936. The maximum Gasteiger partial charge on any atom is 0.305 e. The molecule has 0 radical (unpaired) electrons. The summed E-state index contributed by atoms with van der Waals surface area (Å²) in [5, 5.41) is 15.5. The number of carbonyl (C=O) groups excluding carboxylic acids is 3. The number of nitrogens with one attached hydrogen (secondary N) is 2. The second kappa shape index (κ2) is 14.4. The van der Waals surface area contributed by atoms with Crippen molar-refractivity contribution in [2.45, 2.75) is 69.4 Å². The van der Waals surface area contributed by atoms with Crippen molar-refractivity contribution < 1.29 is 33.7 Å². The van der Waals surface area contributed by atoms with Crippen LogP contribution in [0.3, 0.4) is 0 Å². The minimum absolute atomic E-state index is 0.0146. The first-order valence-electron chi connectivity index (χ1n) is 17.4. The molecule has 3 aromatic carbocycles. The zero-order valence-corrected chi connectivity index (χ0v) is 30.5. The summed E-state index contributed by atoms with van der Waals surface area (Å²) in [5.41, 5.74) is 2.59. The number of aliphatic hydroxyl groups is 1. The van der Waals surface area contributed by atoms with Crippen LogP contribution in [0.2, 0.25) is 18.6 Å². The van der Waals surface area contributed by atoms with Crippen molar-refractivity contribution in [3.05, 3.63) is 84.1 Å². The number of para-hydroxylation sites is 1. The monoisotopic (exact) mass is 697 g/mol. The van der Waals surface area contributed by atoms with Crippen LogP contribution in [-0.4, -0.2) is 69.4 Å². The summed E-state index contributed by atoms with van der Waals surface area (Å²) < 4.78 is 17.3. The molecule has 1 spiro atoms. The molecule has 2 amide bonds. The number of aliphatic hydroxyl groups excluding tert-OH is 1. The van der Waals surface area contributed by atoms with E-state index in [1.165, 1.54) is 12.3 Å². The zero-order valence-electron chi connectivity index (χ0n) is 29.5. The lowest BCUT2D eigenvalue weighted by molar-refractivity contribution is -0.146. The fraction of sp³-hybridized carbons (Fsp3) is 0.410. The normalized spacial score (nSPS) is 21.5. The van der Waals surface area contributed by atoms with Crippen LogP contribution in [-0.2, 0) is 35.9 Å². The van der Waals surface area contributed by atoms with E-state index in [-0.39, 0.29) is 54.8 Å². The van der Waals surface area contributed by atoms with Gasteiger partial charge in [0, 0.05) is 53.8 Å². The van der Waals surface area contributed by atoms with E-state index in [1.807, 2.05) is 60.8 Å². The smallest absolute Gasteiger partial charge is 0.305 e. The predicted molar refractivity (Wildman–Crippen MR) is 197 cm³/mol. The Labute approximate surface area is 294 Å². The molecular formula is C39H47N3O7Si. The highest BCUT2D eigenvalue weighted by Crippen LogP contribution is 2.60. The number of methoxy groups -OCH3 is 2. The van der Waals surface area contributed by atoms with Crippen LogP contribution in [0.15, 0.2) is 72.9 Å². The highest BCUT2D eigenvalue weighted by atomic mass is 28.3. The van der Waals surface area contributed by atoms with Gasteiger partial charge in [-0.1, -0.05) is 55.5 Å². The topological polar surface area (TPSA) is 130 Å². The standard InChI is InChI=1S/C39H47N3O7Si/c1-25-37(50(4,5)29-16-14-28(47-2)15-17-29)34(19-21-43)49-39(25)31-23-27(41-35(44)22-26-24-40-32-11-7-6-10-30(26)32)13-18-33(31)42(38(39)46)20-9-8-12-36(45)48-3/h6-7,10-11,13-18,23-25,34,37,40,43H,8-9,12,19-22H2,1-5H3,(H,41,44)/t25-,34+,37-,39+/m0/s1. The number of hydrogen-bond acceptors (Lipinski definition) is 7. The van der Waals surface area contributed by atoms with Gasteiger partial charge in [0.05, 0.1) is 40.5 Å². The number of hydrogen-bond donors (Lipinski definition) is 3. The number of carbonyl (C=O) groups is 3. The fourth-order valence-corrected chi connectivity index (χ4v) is 12.4. The molecule has 2 aliphatic heterocycles. The molecule has 3 N–H and O–H groups in total. The van der Waals surface area contributed by atoms with Gasteiger partial charge in [-0.3, -0.25) is 14.4 Å². The van der Waals surface area contributed by atoms with Gasteiger partial charge in [-0.25, -0.2) is 0 Å². The van der Waals surface area contributed by atoms with E-state index in [1.54, 1.807) is 12.0 Å². The van der Waals surface area contributed by atoms with E-state index < -0.39 is 13.7 Å². The molecule has 11 heteroatoms. The van der Waals surface area contributed by atoms with Gasteiger partial charge < -0.3 is 34.5 Å². The third kappa shape index (κ3) is 6.34. The van der Waals surface area contributed by atoms with Crippen LogP contribution in [0.1, 0.15) is 43.7 Å². The Kier molecular flexibility index (Phi) is 10.2. The molecule has 0 bridgehead atoms. The number of amides is 2. The molecular weight excluding hydrogens is 651 g/mol. The molecule has 2 aliphatic rings. The molecule has 264 valence electrons. The Bertz CT molecular complexity index is 1870. The van der Waals surface area contributed by atoms with Gasteiger partial charge in [-0.15, -0.1) is 0 Å². The van der Waals surface area contributed by atoms with E-state index in [4.69, 9.17) is 14.2 Å². The van der Waals surface area contributed by atoms with Crippen molar-refractivity contribution >= 4 is 53.3 Å². The van der Waals surface area contributed by atoms with Crippen molar-refractivity contribution in [1.29, 1.82) is 0 Å². The molecule has 4 atom stereocenters. The second-order valence-electron chi connectivity index (χ2n) is 14.0. The lowest BCUT2D eigenvalue weighted by atomic mass is 9.82. The van der Waals surface area contributed by atoms with E-state index in [0.717, 1.165) is 33.5 Å². The van der Waals surface area contributed by atoms with Gasteiger partial charge in [0.15, 0.2) is 5.60 Å². The first-order valence-corrected chi connectivity index (χ1v) is 20.4. The van der Waals surface area contributed by atoms with Crippen molar-refractivity contribution in [2.24, 2.45) is 5.92 Å². The SMILES string of the molecule is COC(=O)CCCCN1C(=O)[C@]2(O[C@H](CCO)[C@@H]([Si](C)(C)c3ccc(OC)cc3)[C@@H]2C)c2cc(NC(=O)Cc3c[nH]c4ccccc34)ccc21. The minimum atomic E-state index is -2.35. The Morgan fingerprint density at radius 2 is 1.82 bits per heavy atom. The van der Waals surface area contributed by atoms with Gasteiger partial charge >= 0.3 is 5.97 Å². The van der Waals surface area contributed by atoms with Crippen LogP contribution in [0.25, 0.3) is 10.9 Å². The number of fused-ring (bicyclic) bond motifs is 3. The summed E-state index contributed by atoms with van der Waals surface area (Å²) in [5.74, 6) is -0.0655. The van der Waals surface area contributed by atoms with Gasteiger partial charge in [0.2, 0.25) is 5.91 Å². The second-order valence-corrected chi connectivity index (χ2v) is 18.7. The van der Waals surface area contributed by atoms with E-state index in [0.29, 0.717) is 31.5 Å². The molecule has 0 unspecified atom stereocenters. The summed E-state index contributed by atoms with van der Waals surface area (Å²) in [7, 11) is 0.675. The average molecular weight is 698 g/mol. The van der Waals surface area contributed by atoms with Gasteiger partial charge in [-0.05, 0) is 66.8 Å². The lowest BCUT2D eigenvalue weighted by Crippen LogP contribution is -2.52. The van der Waals surface area contributed by atoms with Crippen LogP contribution >= 0.6 is 0 Å². The lowest BCUT2D eigenvalue weighted by Gasteiger charge is -2.37.